The predicted molar refractivity (Wildman–Crippen MR) is 88.0 cm³/mol. The Hall–Kier alpha value is -1.67. The highest BCUT2D eigenvalue weighted by molar-refractivity contribution is 5.84. The molecule has 0 spiro atoms. The zero-order valence-corrected chi connectivity index (χ0v) is 15.9. The van der Waals surface area contributed by atoms with Crippen LogP contribution in [0.15, 0.2) is 0 Å². The lowest BCUT2D eigenvalue weighted by molar-refractivity contribution is -0.309. The summed E-state index contributed by atoms with van der Waals surface area (Å²) in [5.41, 5.74) is 0. The highest BCUT2D eigenvalue weighted by Gasteiger charge is 2.47. The fourth-order valence-electron chi connectivity index (χ4n) is 2.59. The molecule has 12 nitrogen and oxygen atoms in total. The quantitative estimate of drug-likeness (QED) is 0.193. The minimum absolute atomic E-state index is 0.0381. The predicted octanol–water partition coefficient (Wildman–Crippen LogP) is -2.08. The average Bonchev–Trinajstić information content (AvgIpc) is 2.68. The molecule has 3 N–H and O–H groups in total. The molecule has 8 atom stereocenters. The first-order valence-corrected chi connectivity index (χ1v) is 8.31. The molecule has 1 fully saturated rings. The van der Waals surface area contributed by atoms with E-state index in [1.807, 2.05) is 0 Å². The van der Waals surface area contributed by atoms with Gasteiger partial charge in [0.25, 0.3) is 0 Å². The van der Waals surface area contributed by atoms with E-state index in [4.69, 9.17) is 18.9 Å². The lowest BCUT2D eigenvalue weighted by Crippen LogP contribution is -2.58. The molecule has 1 aliphatic rings. The van der Waals surface area contributed by atoms with E-state index in [9.17, 15) is 29.7 Å². The van der Waals surface area contributed by atoms with Crippen molar-refractivity contribution in [3.63, 3.8) is 0 Å². The van der Waals surface area contributed by atoms with E-state index in [1.54, 1.807) is 6.92 Å². The maximum Gasteiger partial charge on any atom is 0.338 e. The van der Waals surface area contributed by atoms with Gasteiger partial charge >= 0.3 is 11.9 Å². The van der Waals surface area contributed by atoms with Crippen molar-refractivity contribution in [1.82, 2.24) is 0 Å². The van der Waals surface area contributed by atoms with Crippen LogP contribution in [-0.2, 0) is 42.8 Å². The number of carboxylic acid groups (broad SMARTS) is 1. The number of carboxylic acids is 1. The lowest BCUT2D eigenvalue weighted by Gasteiger charge is -2.42. The molecule has 0 amide bonds. The molecule has 3 unspecified atom stereocenters. The zero-order chi connectivity index (χ0) is 21.4. The van der Waals surface area contributed by atoms with Crippen LogP contribution in [0.5, 0.6) is 0 Å². The molecule has 1 saturated heterocycles. The number of aliphatic hydroxyl groups excluding tert-OH is 2. The van der Waals surface area contributed by atoms with Crippen LogP contribution in [0.4, 0.5) is 0 Å². The van der Waals surface area contributed by atoms with Gasteiger partial charge in [0.2, 0.25) is 6.29 Å². The summed E-state index contributed by atoms with van der Waals surface area (Å²) in [5, 5.41) is 29.9. The third-order valence-electron chi connectivity index (χ3n) is 4.25. The normalized spacial score (nSPS) is 30.9. The third kappa shape index (κ3) is 5.91. The molecule has 1 heterocycles. The topological polar surface area (TPSA) is 167 Å². The van der Waals surface area contributed by atoms with Crippen molar-refractivity contribution in [1.29, 1.82) is 0 Å². The molecule has 0 aliphatic carbocycles. The van der Waals surface area contributed by atoms with Gasteiger partial charge in [0.1, 0.15) is 6.10 Å². The van der Waals surface area contributed by atoms with Gasteiger partial charge < -0.3 is 43.7 Å². The Kier molecular flexibility index (Phi) is 9.89. The van der Waals surface area contributed by atoms with Crippen molar-refractivity contribution >= 4 is 18.2 Å². The van der Waals surface area contributed by atoms with Gasteiger partial charge in [-0.15, -0.1) is 0 Å². The summed E-state index contributed by atoms with van der Waals surface area (Å²) in [6.45, 7) is 1.65. The van der Waals surface area contributed by atoms with Crippen LogP contribution in [0.25, 0.3) is 0 Å². The molecule has 162 valence electrons. The maximum atomic E-state index is 12.0. The number of carbonyl (C=O) groups excluding carboxylic acids is 2. The number of carbonyl (C=O) groups is 3. The van der Waals surface area contributed by atoms with Crippen molar-refractivity contribution in [3.8, 4) is 0 Å². The number of hydrogen-bond donors (Lipinski definition) is 3. The molecule has 0 saturated carbocycles. The fraction of sp³-hybridized carbons (Fsp3) is 0.812. The van der Waals surface area contributed by atoms with Gasteiger partial charge in [0.15, 0.2) is 24.8 Å². The van der Waals surface area contributed by atoms with Crippen molar-refractivity contribution < 1.29 is 58.1 Å². The number of hydrogen-bond acceptors (Lipinski definition) is 11. The number of methoxy groups -OCH3 is 3. The molecular weight excluding hydrogens is 384 g/mol. The lowest BCUT2D eigenvalue weighted by atomic mass is 9.91. The van der Waals surface area contributed by atoms with E-state index in [0.717, 1.165) is 14.2 Å². The van der Waals surface area contributed by atoms with Crippen molar-refractivity contribution in [3.05, 3.63) is 0 Å². The first-order chi connectivity index (χ1) is 13.2. The van der Waals surface area contributed by atoms with Crippen molar-refractivity contribution in [2.45, 2.75) is 50.0 Å². The maximum absolute atomic E-state index is 12.0. The molecule has 1 rings (SSSR count). The monoisotopic (exact) mass is 410 g/mol. The first-order valence-electron chi connectivity index (χ1n) is 8.31. The Morgan fingerprint density at radius 2 is 1.79 bits per heavy atom. The summed E-state index contributed by atoms with van der Waals surface area (Å²) in [5.74, 6) is -3.37. The Bertz CT molecular complexity index is 526. The van der Waals surface area contributed by atoms with Gasteiger partial charge in [-0.1, -0.05) is 6.92 Å². The number of aldehydes is 1. The number of rotatable bonds is 11. The van der Waals surface area contributed by atoms with Crippen LogP contribution in [0.2, 0.25) is 0 Å². The molecule has 12 heteroatoms. The Morgan fingerprint density at radius 1 is 1.14 bits per heavy atom. The van der Waals surface area contributed by atoms with Crippen molar-refractivity contribution in [2.24, 2.45) is 5.92 Å². The molecular formula is C16H26O12. The minimum Gasteiger partial charge on any atom is -0.479 e. The molecule has 0 bridgehead atoms. The van der Waals surface area contributed by atoms with Crippen LogP contribution in [0.1, 0.15) is 6.92 Å². The second-order valence-corrected chi connectivity index (χ2v) is 6.05. The second-order valence-electron chi connectivity index (χ2n) is 6.05. The van der Waals surface area contributed by atoms with Crippen LogP contribution in [0.3, 0.4) is 0 Å². The molecule has 0 aromatic heterocycles. The minimum atomic E-state index is -2.05. The summed E-state index contributed by atoms with van der Waals surface area (Å²) in [7, 11) is 3.48. The molecule has 28 heavy (non-hydrogen) atoms. The summed E-state index contributed by atoms with van der Waals surface area (Å²) >= 11 is 0. The SMILES string of the molecule is COCC1O[C@@H](O[C@H](C(=O)O)C(O[C@H](C=O)OC)C(=O)OC)C(O)[C@@H](O)[C@H]1C. The molecule has 0 radical (unpaired) electrons. The van der Waals surface area contributed by atoms with Crippen LogP contribution in [0, 0.1) is 5.92 Å². The number of ether oxygens (including phenoxy) is 6. The zero-order valence-electron chi connectivity index (χ0n) is 15.9. The molecule has 0 aromatic carbocycles. The van der Waals surface area contributed by atoms with Gasteiger partial charge in [-0.05, 0) is 0 Å². The Balaban J connectivity index is 3.08. The van der Waals surface area contributed by atoms with Gasteiger partial charge in [0.05, 0.1) is 25.9 Å². The summed E-state index contributed by atoms with van der Waals surface area (Å²) in [6.07, 6.45) is -10.6. The molecule has 1 aliphatic heterocycles. The van der Waals surface area contributed by atoms with E-state index in [1.165, 1.54) is 7.11 Å². The van der Waals surface area contributed by atoms with E-state index < -0.39 is 61.0 Å². The number of aliphatic hydroxyl groups is 2. The van der Waals surface area contributed by atoms with E-state index >= 15 is 0 Å². The standard InChI is InChI=1S/C16H26O12/c1-7-8(6-23-2)26-16(11(19)10(7)18)28-12(14(20)21)13(15(22)25-4)27-9(5-17)24-3/h5,7-13,16,18-19H,6H2,1-4H3,(H,20,21)/t7-,8?,9+,10-,11?,12-,13?,16-/m0/s1. The second kappa shape index (κ2) is 11.4. The van der Waals surface area contributed by atoms with Crippen LogP contribution < -0.4 is 0 Å². The van der Waals surface area contributed by atoms with E-state index in [-0.39, 0.29) is 12.9 Å². The van der Waals surface area contributed by atoms with Gasteiger partial charge in [-0.3, -0.25) is 4.79 Å². The number of esters is 1. The average molecular weight is 410 g/mol. The van der Waals surface area contributed by atoms with E-state index in [0.29, 0.717) is 0 Å². The highest BCUT2D eigenvalue weighted by atomic mass is 16.7. The highest BCUT2D eigenvalue weighted by Crippen LogP contribution is 2.28. The largest absolute Gasteiger partial charge is 0.479 e. The Labute approximate surface area is 161 Å². The van der Waals surface area contributed by atoms with Crippen LogP contribution >= 0.6 is 0 Å². The fourth-order valence-corrected chi connectivity index (χ4v) is 2.59. The summed E-state index contributed by atoms with van der Waals surface area (Å²) < 4.78 is 29.9. The van der Waals surface area contributed by atoms with Gasteiger partial charge in [-0.25, -0.2) is 9.59 Å². The van der Waals surface area contributed by atoms with Crippen molar-refractivity contribution in [2.75, 3.05) is 27.9 Å². The van der Waals surface area contributed by atoms with Crippen LogP contribution in [-0.4, -0.2) is 105 Å². The molecule has 0 aromatic rings. The first kappa shape index (κ1) is 24.4. The smallest absolute Gasteiger partial charge is 0.338 e. The summed E-state index contributed by atoms with van der Waals surface area (Å²) in [6, 6.07) is 0. The van der Waals surface area contributed by atoms with Gasteiger partial charge in [0, 0.05) is 20.1 Å². The summed E-state index contributed by atoms with van der Waals surface area (Å²) in [4.78, 5) is 34.6. The third-order valence-corrected chi connectivity index (χ3v) is 4.25. The Morgan fingerprint density at radius 3 is 2.25 bits per heavy atom. The van der Waals surface area contributed by atoms with Gasteiger partial charge in [-0.2, -0.15) is 0 Å². The number of aliphatic carboxylic acids is 1. The van der Waals surface area contributed by atoms with E-state index in [2.05, 4.69) is 9.47 Å².